The Hall–Kier alpha value is -2.87. The van der Waals surface area contributed by atoms with Gasteiger partial charge >= 0.3 is 0 Å². The number of likely N-dealkylation sites (tertiary alicyclic amines) is 1. The number of fused-ring (bicyclic) bond motifs is 1. The zero-order valence-electron chi connectivity index (χ0n) is 17.5. The first-order valence-electron chi connectivity index (χ1n) is 10.4. The molecule has 0 unspecified atom stereocenters. The number of carbonyl (C=O) groups is 2. The molecule has 0 radical (unpaired) electrons. The van der Waals surface area contributed by atoms with Crippen LogP contribution < -0.4 is 4.90 Å². The van der Waals surface area contributed by atoms with E-state index < -0.39 is 0 Å². The van der Waals surface area contributed by atoms with E-state index in [9.17, 15) is 9.59 Å². The zero-order chi connectivity index (χ0) is 21.1. The molecular formula is C22H27N5O3. The predicted molar refractivity (Wildman–Crippen MR) is 111 cm³/mol. The number of pyridine rings is 1. The Labute approximate surface area is 176 Å². The molecule has 1 fully saturated rings. The summed E-state index contributed by atoms with van der Waals surface area (Å²) < 4.78 is 5.06. The lowest BCUT2D eigenvalue weighted by Crippen LogP contribution is -2.42. The third kappa shape index (κ3) is 4.05. The fraction of sp³-hybridized carbons (Fsp3) is 0.500. The molecule has 2 aromatic heterocycles. The topological polar surface area (TPSA) is 88.5 Å². The van der Waals surface area contributed by atoms with E-state index in [0.29, 0.717) is 37.6 Å². The molecule has 4 rings (SSSR count). The summed E-state index contributed by atoms with van der Waals surface area (Å²) in [5.41, 5.74) is 2.68. The Bertz CT molecular complexity index is 934. The van der Waals surface area contributed by atoms with Crippen molar-refractivity contribution in [3.8, 4) is 0 Å². The van der Waals surface area contributed by atoms with E-state index in [2.05, 4.69) is 4.98 Å². The molecule has 1 saturated heterocycles. The van der Waals surface area contributed by atoms with Gasteiger partial charge in [-0.2, -0.15) is 0 Å². The van der Waals surface area contributed by atoms with Gasteiger partial charge in [0.05, 0.1) is 18.3 Å². The van der Waals surface area contributed by atoms with Crippen LogP contribution in [0.3, 0.4) is 0 Å². The summed E-state index contributed by atoms with van der Waals surface area (Å²) in [6, 6.07) is 5.48. The number of hydrogen-bond donors (Lipinski definition) is 0. The molecule has 0 aromatic carbocycles. The van der Waals surface area contributed by atoms with E-state index in [1.807, 2.05) is 30.0 Å². The number of aromatic nitrogens is 3. The van der Waals surface area contributed by atoms with Crippen molar-refractivity contribution >= 4 is 17.6 Å². The predicted octanol–water partition coefficient (Wildman–Crippen LogP) is 2.36. The second-order valence-electron chi connectivity index (χ2n) is 7.80. The maximum atomic E-state index is 12.8. The van der Waals surface area contributed by atoms with Crippen molar-refractivity contribution in [1.82, 2.24) is 19.9 Å². The smallest absolute Gasteiger partial charge is 0.249 e. The molecule has 4 heterocycles. The number of hydrogen-bond acceptors (Lipinski definition) is 6. The van der Waals surface area contributed by atoms with Crippen LogP contribution in [0, 0.1) is 6.92 Å². The highest BCUT2D eigenvalue weighted by atomic mass is 16.5. The molecule has 2 aliphatic rings. The van der Waals surface area contributed by atoms with Crippen molar-refractivity contribution in [2.24, 2.45) is 0 Å². The molecule has 158 valence electrons. The van der Waals surface area contributed by atoms with Gasteiger partial charge in [-0.1, -0.05) is 6.07 Å². The van der Waals surface area contributed by atoms with Gasteiger partial charge in [-0.05, 0) is 44.7 Å². The highest BCUT2D eigenvalue weighted by molar-refractivity contribution is 5.95. The molecule has 1 atom stereocenters. The second-order valence-corrected chi connectivity index (χ2v) is 7.80. The average Bonchev–Trinajstić information content (AvgIpc) is 2.76. The second kappa shape index (κ2) is 8.87. The molecule has 0 N–H and O–H groups in total. The van der Waals surface area contributed by atoms with Crippen molar-refractivity contribution in [3.63, 3.8) is 0 Å². The van der Waals surface area contributed by atoms with Crippen LogP contribution in [0.15, 0.2) is 24.4 Å². The molecule has 2 aliphatic heterocycles. The number of aryl methyl sites for hydroxylation is 1. The monoisotopic (exact) mass is 409 g/mol. The first-order chi connectivity index (χ1) is 14.6. The third-order valence-corrected chi connectivity index (χ3v) is 5.79. The molecule has 2 amide bonds. The van der Waals surface area contributed by atoms with E-state index >= 15 is 0 Å². The first kappa shape index (κ1) is 20.4. The minimum atomic E-state index is -0.195. The number of anilines is 1. The van der Waals surface area contributed by atoms with Gasteiger partial charge in [0, 0.05) is 37.5 Å². The fourth-order valence-electron chi connectivity index (χ4n) is 4.27. The summed E-state index contributed by atoms with van der Waals surface area (Å²) in [7, 11) is 1.53. The SMILES string of the molecule is COCC(=O)N1CCCC[C@H]1c1nc(C)c2c(n1)N(Cc1ccccn1)C(=O)CC2. The normalized spacial score (nSPS) is 19.0. The highest BCUT2D eigenvalue weighted by Crippen LogP contribution is 2.34. The van der Waals surface area contributed by atoms with Gasteiger partial charge in [0.2, 0.25) is 11.8 Å². The van der Waals surface area contributed by atoms with Crippen LogP contribution in [0.25, 0.3) is 0 Å². The minimum Gasteiger partial charge on any atom is -0.375 e. The van der Waals surface area contributed by atoms with Crippen LogP contribution >= 0.6 is 0 Å². The fourth-order valence-corrected chi connectivity index (χ4v) is 4.27. The number of rotatable bonds is 5. The zero-order valence-corrected chi connectivity index (χ0v) is 17.5. The lowest BCUT2D eigenvalue weighted by Gasteiger charge is -2.36. The standard InChI is InChI=1S/C22H27N5O3/c1-15-17-9-10-19(28)27(13-16-7-3-5-11-23-16)22(17)25-21(24-15)18-8-4-6-12-26(18)20(29)14-30-2/h3,5,7,11,18H,4,6,8-10,12-14H2,1-2H3/t18-/m0/s1. The van der Waals surface area contributed by atoms with Crippen LogP contribution in [0.1, 0.15) is 54.5 Å². The van der Waals surface area contributed by atoms with Crippen molar-refractivity contribution in [3.05, 3.63) is 47.2 Å². The summed E-state index contributed by atoms with van der Waals surface area (Å²) in [6.45, 7) is 3.05. The average molecular weight is 409 g/mol. The van der Waals surface area contributed by atoms with Gasteiger partial charge < -0.3 is 9.64 Å². The van der Waals surface area contributed by atoms with Crippen LogP contribution in [0.4, 0.5) is 5.82 Å². The molecule has 0 saturated carbocycles. The van der Waals surface area contributed by atoms with E-state index in [1.165, 1.54) is 7.11 Å². The van der Waals surface area contributed by atoms with Gasteiger partial charge in [-0.25, -0.2) is 9.97 Å². The highest BCUT2D eigenvalue weighted by Gasteiger charge is 2.33. The number of piperidine rings is 1. The number of amides is 2. The molecule has 0 spiro atoms. The van der Waals surface area contributed by atoms with Crippen molar-refractivity contribution in [2.45, 2.75) is 51.6 Å². The number of ether oxygens (including phenoxy) is 1. The van der Waals surface area contributed by atoms with Gasteiger partial charge in [0.1, 0.15) is 12.4 Å². The number of methoxy groups -OCH3 is 1. The van der Waals surface area contributed by atoms with Gasteiger partial charge in [0.15, 0.2) is 5.82 Å². The van der Waals surface area contributed by atoms with Gasteiger partial charge in [-0.3, -0.25) is 19.5 Å². The largest absolute Gasteiger partial charge is 0.375 e. The quantitative estimate of drug-likeness (QED) is 0.753. The Balaban J connectivity index is 1.70. The number of carbonyl (C=O) groups excluding carboxylic acids is 2. The van der Waals surface area contributed by atoms with Gasteiger partial charge in [0.25, 0.3) is 0 Å². The van der Waals surface area contributed by atoms with Gasteiger partial charge in [-0.15, -0.1) is 0 Å². The molecule has 0 bridgehead atoms. The van der Waals surface area contributed by atoms with Crippen molar-refractivity contribution in [1.29, 1.82) is 0 Å². The molecule has 0 aliphatic carbocycles. The summed E-state index contributed by atoms with van der Waals surface area (Å²) >= 11 is 0. The van der Waals surface area contributed by atoms with Crippen LogP contribution in [0.2, 0.25) is 0 Å². The summed E-state index contributed by atoms with van der Waals surface area (Å²) in [4.78, 5) is 42.9. The summed E-state index contributed by atoms with van der Waals surface area (Å²) in [5, 5.41) is 0. The molecule has 8 nitrogen and oxygen atoms in total. The first-order valence-corrected chi connectivity index (χ1v) is 10.4. The van der Waals surface area contributed by atoms with E-state index in [-0.39, 0.29) is 24.5 Å². The van der Waals surface area contributed by atoms with Crippen molar-refractivity contribution in [2.75, 3.05) is 25.2 Å². The lowest BCUT2D eigenvalue weighted by atomic mass is 9.99. The van der Waals surface area contributed by atoms with E-state index in [1.54, 1.807) is 11.1 Å². The number of nitrogens with zero attached hydrogens (tertiary/aromatic N) is 5. The summed E-state index contributed by atoms with van der Waals surface area (Å²) in [5.74, 6) is 1.25. The third-order valence-electron chi connectivity index (χ3n) is 5.79. The Morgan fingerprint density at radius 2 is 2.10 bits per heavy atom. The molecule has 2 aromatic rings. The molecule has 30 heavy (non-hydrogen) atoms. The maximum Gasteiger partial charge on any atom is 0.249 e. The minimum absolute atomic E-state index is 0.0353. The van der Waals surface area contributed by atoms with Crippen LogP contribution in [0.5, 0.6) is 0 Å². The maximum absolute atomic E-state index is 12.8. The summed E-state index contributed by atoms with van der Waals surface area (Å²) in [6.07, 6.45) is 5.57. The van der Waals surface area contributed by atoms with Crippen LogP contribution in [-0.4, -0.2) is 51.9 Å². The Morgan fingerprint density at radius 1 is 1.23 bits per heavy atom. The van der Waals surface area contributed by atoms with Crippen LogP contribution in [-0.2, 0) is 27.3 Å². The molecular weight excluding hydrogens is 382 g/mol. The lowest BCUT2D eigenvalue weighted by molar-refractivity contribution is -0.139. The Morgan fingerprint density at radius 3 is 2.87 bits per heavy atom. The molecule has 8 heteroatoms. The Kier molecular flexibility index (Phi) is 6.03. The van der Waals surface area contributed by atoms with Crippen molar-refractivity contribution < 1.29 is 14.3 Å². The van der Waals surface area contributed by atoms with E-state index in [0.717, 1.165) is 36.2 Å². The van der Waals surface area contributed by atoms with E-state index in [4.69, 9.17) is 14.7 Å².